The normalized spacial score (nSPS) is 25.0. The van der Waals surface area contributed by atoms with Crippen molar-refractivity contribution in [3.05, 3.63) is 54.4 Å². The second-order valence-corrected chi connectivity index (χ2v) is 6.79. The van der Waals surface area contributed by atoms with Gasteiger partial charge >= 0.3 is 0 Å². The number of rotatable bonds is 5. The summed E-state index contributed by atoms with van der Waals surface area (Å²) >= 11 is 0. The first-order valence-corrected chi connectivity index (χ1v) is 8.70. The van der Waals surface area contributed by atoms with E-state index in [1.54, 1.807) is 18.5 Å². The molecule has 0 saturated carbocycles. The standard InChI is InChI=1S/C19H22N4O2/c24-17(20-10-7-15-5-2-1-3-6-15)19-13-23(11-16(19)12-25-14-19)18-21-8-4-9-22-18/h1-6,8-9,16H,7,10-14H2,(H,20,24)/t16-,19-/m1/s1. The van der Waals surface area contributed by atoms with Gasteiger partial charge in [-0.25, -0.2) is 9.97 Å². The molecule has 2 saturated heterocycles. The van der Waals surface area contributed by atoms with E-state index in [9.17, 15) is 4.79 Å². The highest BCUT2D eigenvalue weighted by Crippen LogP contribution is 2.42. The zero-order chi connectivity index (χ0) is 17.1. The molecule has 1 aromatic heterocycles. The van der Waals surface area contributed by atoms with Crippen LogP contribution in [-0.4, -0.2) is 48.7 Å². The molecule has 0 aliphatic carbocycles. The van der Waals surface area contributed by atoms with Gasteiger partial charge in [-0.05, 0) is 18.1 Å². The quantitative estimate of drug-likeness (QED) is 0.890. The van der Waals surface area contributed by atoms with Crippen molar-refractivity contribution in [3.8, 4) is 0 Å². The molecule has 6 heteroatoms. The van der Waals surface area contributed by atoms with E-state index in [1.165, 1.54) is 5.56 Å². The van der Waals surface area contributed by atoms with Crippen molar-refractivity contribution in [2.24, 2.45) is 11.3 Å². The molecule has 1 amide bonds. The number of nitrogens with one attached hydrogen (secondary N) is 1. The van der Waals surface area contributed by atoms with Crippen LogP contribution >= 0.6 is 0 Å². The molecule has 2 atom stereocenters. The van der Waals surface area contributed by atoms with Gasteiger partial charge in [0.15, 0.2) is 0 Å². The maximum atomic E-state index is 13.0. The summed E-state index contributed by atoms with van der Waals surface area (Å²) in [4.78, 5) is 23.7. The summed E-state index contributed by atoms with van der Waals surface area (Å²) in [5.41, 5.74) is 0.737. The van der Waals surface area contributed by atoms with Crippen LogP contribution in [0.5, 0.6) is 0 Å². The topological polar surface area (TPSA) is 67.3 Å². The first kappa shape index (κ1) is 16.0. The average Bonchev–Trinajstić information content (AvgIpc) is 3.22. The van der Waals surface area contributed by atoms with Crippen molar-refractivity contribution >= 4 is 11.9 Å². The summed E-state index contributed by atoms with van der Waals surface area (Å²) in [5, 5.41) is 3.12. The summed E-state index contributed by atoms with van der Waals surface area (Å²) in [7, 11) is 0. The molecule has 6 nitrogen and oxygen atoms in total. The molecular formula is C19H22N4O2. The highest BCUT2D eigenvalue weighted by atomic mass is 16.5. The molecule has 3 heterocycles. The number of anilines is 1. The SMILES string of the molecule is O=C(NCCc1ccccc1)[C@]12COC[C@H]1CN(c1ncccn1)C2. The number of amides is 1. The van der Waals surface area contributed by atoms with Gasteiger partial charge in [-0.15, -0.1) is 0 Å². The molecule has 0 spiro atoms. The number of fused-ring (bicyclic) bond motifs is 1. The van der Waals surface area contributed by atoms with Gasteiger partial charge < -0.3 is 15.0 Å². The van der Waals surface area contributed by atoms with Gasteiger partial charge in [0.05, 0.1) is 18.6 Å². The average molecular weight is 338 g/mol. The van der Waals surface area contributed by atoms with Crippen LogP contribution in [0.25, 0.3) is 0 Å². The van der Waals surface area contributed by atoms with E-state index < -0.39 is 5.41 Å². The third kappa shape index (κ3) is 3.09. The van der Waals surface area contributed by atoms with E-state index in [0.717, 1.165) is 13.0 Å². The Bertz CT molecular complexity index is 725. The predicted molar refractivity (Wildman–Crippen MR) is 94.1 cm³/mol. The summed E-state index contributed by atoms with van der Waals surface area (Å²) in [6.45, 7) is 3.10. The molecule has 0 bridgehead atoms. The van der Waals surface area contributed by atoms with E-state index in [1.807, 2.05) is 18.2 Å². The van der Waals surface area contributed by atoms with Crippen LogP contribution < -0.4 is 10.2 Å². The third-order valence-corrected chi connectivity index (χ3v) is 5.20. The fourth-order valence-corrected chi connectivity index (χ4v) is 3.80. The van der Waals surface area contributed by atoms with Crippen molar-refractivity contribution in [1.82, 2.24) is 15.3 Å². The van der Waals surface area contributed by atoms with E-state index in [2.05, 4.69) is 32.3 Å². The number of carbonyl (C=O) groups excluding carboxylic acids is 1. The molecule has 2 fully saturated rings. The largest absolute Gasteiger partial charge is 0.380 e. The smallest absolute Gasteiger partial charge is 0.230 e. The lowest BCUT2D eigenvalue weighted by atomic mass is 9.80. The van der Waals surface area contributed by atoms with Crippen LogP contribution in [0.3, 0.4) is 0 Å². The number of hydrogen-bond donors (Lipinski definition) is 1. The van der Waals surface area contributed by atoms with Crippen LogP contribution in [0.2, 0.25) is 0 Å². The molecule has 1 aromatic carbocycles. The van der Waals surface area contributed by atoms with E-state index >= 15 is 0 Å². The first-order valence-electron chi connectivity index (χ1n) is 8.70. The minimum atomic E-state index is -0.490. The Labute approximate surface area is 147 Å². The maximum absolute atomic E-state index is 13.0. The van der Waals surface area contributed by atoms with Gasteiger partial charge in [0.25, 0.3) is 0 Å². The Morgan fingerprint density at radius 3 is 2.84 bits per heavy atom. The number of carbonyl (C=O) groups is 1. The Kier molecular flexibility index (Phi) is 4.36. The van der Waals surface area contributed by atoms with Crippen LogP contribution in [-0.2, 0) is 16.0 Å². The Morgan fingerprint density at radius 2 is 2.04 bits per heavy atom. The molecule has 0 radical (unpaired) electrons. The zero-order valence-electron chi connectivity index (χ0n) is 14.1. The minimum absolute atomic E-state index is 0.0874. The summed E-state index contributed by atoms with van der Waals surface area (Å²) in [6, 6.07) is 12.0. The number of hydrogen-bond acceptors (Lipinski definition) is 5. The van der Waals surface area contributed by atoms with Gasteiger partial charge in [0, 0.05) is 37.9 Å². The second kappa shape index (κ2) is 6.80. The monoisotopic (exact) mass is 338 g/mol. The molecule has 2 aliphatic heterocycles. The summed E-state index contributed by atoms with van der Waals surface area (Å²) in [5.74, 6) is 0.964. The molecule has 4 rings (SSSR count). The lowest BCUT2D eigenvalue weighted by Gasteiger charge is -2.26. The van der Waals surface area contributed by atoms with Gasteiger partial charge in [0.1, 0.15) is 0 Å². The van der Waals surface area contributed by atoms with Crippen LogP contribution in [0.15, 0.2) is 48.8 Å². The van der Waals surface area contributed by atoms with Crippen molar-refractivity contribution in [2.75, 3.05) is 37.7 Å². The fourth-order valence-electron chi connectivity index (χ4n) is 3.80. The molecule has 2 aromatic rings. The fraction of sp³-hybridized carbons (Fsp3) is 0.421. The van der Waals surface area contributed by atoms with E-state index in [4.69, 9.17) is 4.74 Å². The number of nitrogens with zero attached hydrogens (tertiary/aromatic N) is 3. The van der Waals surface area contributed by atoms with E-state index in [0.29, 0.717) is 32.3 Å². The van der Waals surface area contributed by atoms with Crippen molar-refractivity contribution < 1.29 is 9.53 Å². The number of ether oxygens (including phenoxy) is 1. The van der Waals surface area contributed by atoms with E-state index in [-0.39, 0.29) is 11.8 Å². The van der Waals surface area contributed by atoms with Crippen LogP contribution in [0, 0.1) is 11.3 Å². The summed E-state index contributed by atoms with van der Waals surface area (Å²) < 4.78 is 5.66. The number of benzene rings is 1. The van der Waals surface area contributed by atoms with Crippen molar-refractivity contribution in [1.29, 1.82) is 0 Å². The molecule has 25 heavy (non-hydrogen) atoms. The lowest BCUT2D eigenvalue weighted by molar-refractivity contribution is -0.131. The van der Waals surface area contributed by atoms with Crippen LogP contribution in [0.1, 0.15) is 5.56 Å². The maximum Gasteiger partial charge on any atom is 0.230 e. The van der Waals surface area contributed by atoms with Crippen molar-refractivity contribution in [2.45, 2.75) is 6.42 Å². The summed E-state index contributed by atoms with van der Waals surface area (Å²) in [6.07, 6.45) is 4.30. The second-order valence-electron chi connectivity index (χ2n) is 6.79. The zero-order valence-corrected chi connectivity index (χ0v) is 14.1. The first-order chi connectivity index (χ1) is 12.3. The minimum Gasteiger partial charge on any atom is -0.380 e. The van der Waals surface area contributed by atoms with Crippen LogP contribution in [0.4, 0.5) is 5.95 Å². The lowest BCUT2D eigenvalue weighted by Crippen LogP contribution is -2.47. The molecule has 0 unspecified atom stereocenters. The van der Waals surface area contributed by atoms with Gasteiger partial charge in [-0.2, -0.15) is 0 Å². The van der Waals surface area contributed by atoms with Crippen molar-refractivity contribution in [3.63, 3.8) is 0 Å². The molecular weight excluding hydrogens is 316 g/mol. The highest BCUT2D eigenvalue weighted by Gasteiger charge is 2.56. The Morgan fingerprint density at radius 1 is 1.24 bits per heavy atom. The predicted octanol–water partition coefficient (Wildman–Crippen LogP) is 1.29. The molecule has 1 N–H and O–H groups in total. The Hall–Kier alpha value is -2.47. The number of aromatic nitrogens is 2. The highest BCUT2D eigenvalue weighted by molar-refractivity contribution is 5.85. The van der Waals surface area contributed by atoms with Gasteiger partial charge in [-0.3, -0.25) is 4.79 Å². The van der Waals surface area contributed by atoms with Gasteiger partial charge in [-0.1, -0.05) is 30.3 Å². The molecule has 2 aliphatic rings. The third-order valence-electron chi connectivity index (χ3n) is 5.20. The van der Waals surface area contributed by atoms with Gasteiger partial charge in [0.2, 0.25) is 11.9 Å². The Balaban J connectivity index is 1.41. The molecule has 130 valence electrons.